The zero-order chi connectivity index (χ0) is 12.0. The first-order valence-electron chi connectivity index (χ1n) is 5.95. The second kappa shape index (κ2) is 6.68. The van der Waals surface area contributed by atoms with E-state index < -0.39 is 0 Å². The predicted molar refractivity (Wildman–Crippen MR) is 69.3 cm³/mol. The number of thiocarbonyl (C=S) groups is 1. The first-order valence-corrected chi connectivity index (χ1v) is 6.36. The van der Waals surface area contributed by atoms with E-state index in [1.807, 2.05) is 6.92 Å². The van der Waals surface area contributed by atoms with Crippen molar-refractivity contribution in [3.05, 3.63) is 0 Å². The summed E-state index contributed by atoms with van der Waals surface area (Å²) in [5, 5.41) is 9.78. The predicted octanol–water partition coefficient (Wildman–Crippen LogP) is 0.918. The lowest BCUT2D eigenvalue weighted by Crippen LogP contribution is -2.39. The SMILES string of the molecule is CCC(C)NC(=O)CCNC(=S)NC1CC1. The first kappa shape index (κ1) is 13.2. The highest BCUT2D eigenvalue weighted by molar-refractivity contribution is 7.80. The average Bonchev–Trinajstić information content (AvgIpc) is 3.01. The number of hydrogen-bond donors (Lipinski definition) is 3. The third-order valence-electron chi connectivity index (χ3n) is 2.57. The topological polar surface area (TPSA) is 53.2 Å². The van der Waals surface area contributed by atoms with Gasteiger partial charge in [-0.1, -0.05) is 6.92 Å². The van der Waals surface area contributed by atoms with E-state index in [1.54, 1.807) is 0 Å². The third kappa shape index (κ3) is 5.90. The third-order valence-corrected chi connectivity index (χ3v) is 2.83. The second-order valence-electron chi connectivity index (χ2n) is 4.30. The molecule has 16 heavy (non-hydrogen) atoms. The van der Waals surface area contributed by atoms with Crippen molar-refractivity contribution < 1.29 is 4.79 Å². The molecule has 1 amide bonds. The molecule has 0 spiro atoms. The van der Waals surface area contributed by atoms with Crippen LogP contribution in [0.5, 0.6) is 0 Å². The van der Waals surface area contributed by atoms with Crippen molar-refractivity contribution in [2.75, 3.05) is 6.54 Å². The normalized spacial score (nSPS) is 16.4. The number of rotatable bonds is 6. The first-order chi connectivity index (χ1) is 7.61. The molecule has 5 heteroatoms. The second-order valence-corrected chi connectivity index (χ2v) is 4.71. The lowest BCUT2D eigenvalue weighted by Gasteiger charge is -2.12. The maximum absolute atomic E-state index is 11.4. The molecule has 0 aliphatic heterocycles. The number of amides is 1. The summed E-state index contributed by atoms with van der Waals surface area (Å²) in [6.45, 7) is 4.66. The Labute approximate surface area is 103 Å². The summed E-state index contributed by atoms with van der Waals surface area (Å²) in [4.78, 5) is 11.4. The summed E-state index contributed by atoms with van der Waals surface area (Å²) < 4.78 is 0. The van der Waals surface area contributed by atoms with Crippen molar-refractivity contribution in [1.29, 1.82) is 0 Å². The van der Waals surface area contributed by atoms with Crippen LogP contribution in [0.25, 0.3) is 0 Å². The van der Waals surface area contributed by atoms with Crippen LogP contribution in [0.2, 0.25) is 0 Å². The van der Waals surface area contributed by atoms with E-state index in [1.165, 1.54) is 12.8 Å². The van der Waals surface area contributed by atoms with Crippen molar-refractivity contribution in [2.24, 2.45) is 0 Å². The number of nitrogens with one attached hydrogen (secondary N) is 3. The Balaban J connectivity index is 2.00. The van der Waals surface area contributed by atoms with E-state index in [0.29, 0.717) is 24.1 Å². The van der Waals surface area contributed by atoms with Gasteiger partial charge in [0.05, 0.1) is 0 Å². The summed E-state index contributed by atoms with van der Waals surface area (Å²) in [5.41, 5.74) is 0. The molecule has 4 nitrogen and oxygen atoms in total. The van der Waals surface area contributed by atoms with Gasteiger partial charge in [0.2, 0.25) is 5.91 Å². The van der Waals surface area contributed by atoms with Gasteiger partial charge in [0, 0.05) is 25.0 Å². The molecular weight excluding hydrogens is 222 g/mol. The van der Waals surface area contributed by atoms with Gasteiger partial charge in [0.1, 0.15) is 0 Å². The lowest BCUT2D eigenvalue weighted by atomic mass is 10.2. The molecule has 0 aromatic heterocycles. The summed E-state index contributed by atoms with van der Waals surface area (Å²) in [5.74, 6) is 0.0797. The van der Waals surface area contributed by atoms with Crippen LogP contribution in [0.3, 0.4) is 0 Å². The lowest BCUT2D eigenvalue weighted by molar-refractivity contribution is -0.121. The molecule has 0 radical (unpaired) electrons. The smallest absolute Gasteiger partial charge is 0.221 e. The fourth-order valence-corrected chi connectivity index (χ4v) is 1.47. The Kier molecular flexibility index (Phi) is 5.52. The van der Waals surface area contributed by atoms with Crippen LogP contribution in [0.1, 0.15) is 39.5 Å². The largest absolute Gasteiger partial charge is 0.362 e. The van der Waals surface area contributed by atoms with Crippen molar-refractivity contribution >= 4 is 23.2 Å². The monoisotopic (exact) mass is 243 g/mol. The highest BCUT2D eigenvalue weighted by atomic mass is 32.1. The molecule has 1 aliphatic rings. The Bertz CT molecular complexity index is 254. The van der Waals surface area contributed by atoms with E-state index >= 15 is 0 Å². The summed E-state index contributed by atoms with van der Waals surface area (Å²) in [7, 11) is 0. The van der Waals surface area contributed by atoms with E-state index in [0.717, 1.165) is 6.42 Å². The Morgan fingerprint density at radius 3 is 2.75 bits per heavy atom. The molecular formula is C11H21N3OS. The van der Waals surface area contributed by atoms with Crippen molar-refractivity contribution in [3.63, 3.8) is 0 Å². The van der Waals surface area contributed by atoms with Gasteiger partial charge in [-0.05, 0) is 38.4 Å². The van der Waals surface area contributed by atoms with Crippen LogP contribution >= 0.6 is 12.2 Å². The Morgan fingerprint density at radius 2 is 2.19 bits per heavy atom. The molecule has 1 saturated carbocycles. The molecule has 1 rings (SSSR count). The highest BCUT2D eigenvalue weighted by Gasteiger charge is 2.21. The van der Waals surface area contributed by atoms with Crippen LogP contribution in [0.15, 0.2) is 0 Å². The van der Waals surface area contributed by atoms with Gasteiger partial charge in [-0.3, -0.25) is 4.79 Å². The van der Waals surface area contributed by atoms with Crippen LogP contribution in [0, 0.1) is 0 Å². The van der Waals surface area contributed by atoms with Crippen LogP contribution in [-0.4, -0.2) is 29.6 Å². The molecule has 3 N–H and O–H groups in total. The Morgan fingerprint density at radius 1 is 1.50 bits per heavy atom. The molecule has 0 aromatic carbocycles. The standard InChI is InChI=1S/C11H21N3OS/c1-3-8(2)13-10(15)6-7-12-11(16)14-9-4-5-9/h8-9H,3-7H2,1-2H3,(H,13,15)(H2,12,14,16). The van der Waals surface area contributed by atoms with E-state index in [-0.39, 0.29) is 11.9 Å². The molecule has 1 unspecified atom stereocenters. The van der Waals surface area contributed by atoms with E-state index in [9.17, 15) is 4.79 Å². The highest BCUT2D eigenvalue weighted by Crippen LogP contribution is 2.18. The summed E-state index contributed by atoms with van der Waals surface area (Å²) in [6.07, 6.45) is 3.84. The number of hydrogen-bond acceptors (Lipinski definition) is 2. The van der Waals surface area contributed by atoms with Crippen molar-refractivity contribution in [2.45, 2.75) is 51.6 Å². The molecule has 0 aromatic rings. The number of carbonyl (C=O) groups excluding carboxylic acids is 1. The van der Waals surface area contributed by atoms with Gasteiger partial charge < -0.3 is 16.0 Å². The van der Waals surface area contributed by atoms with Crippen molar-refractivity contribution in [3.8, 4) is 0 Å². The van der Waals surface area contributed by atoms with Gasteiger partial charge in [-0.2, -0.15) is 0 Å². The van der Waals surface area contributed by atoms with Crippen LogP contribution < -0.4 is 16.0 Å². The maximum Gasteiger partial charge on any atom is 0.221 e. The van der Waals surface area contributed by atoms with Gasteiger partial charge >= 0.3 is 0 Å². The zero-order valence-electron chi connectivity index (χ0n) is 10.0. The number of carbonyl (C=O) groups is 1. The van der Waals surface area contributed by atoms with Crippen LogP contribution in [-0.2, 0) is 4.79 Å². The van der Waals surface area contributed by atoms with Crippen molar-refractivity contribution in [1.82, 2.24) is 16.0 Å². The molecule has 1 aliphatic carbocycles. The zero-order valence-corrected chi connectivity index (χ0v) is 10.8. The minimum absolute atomic E-state index is 0.0797. The quantitative estimate of drug-likeness (QED) is 0.607. The molecule has 0 saturated heterocycles. The van der Waals surface area contributed by atoms with E-state index in [2.05, 4.69) is 22.9 Å². The van der Waals surface area contributed by atoms with Gasteiger partial charge in [0.15, 0.2) is 5.11 Å². The minimum atomic E-state index is 0.0797. The fourth-order valence-electron chi connectivity index (χ4n) is 1.20. The molecule has 92 valence electrons. The fraction of sp³-hybridized carbons (Fsp3) is 0.818. The molecule has 0 bridgehead atoms. The summed E-state index contributed by atoms with van der Waals surface area (Å²) in [6, 6.07) is 0.818. The maximum atomic E-state index is 11.4. The van der Waals surface area contributed by atoms with E-state index in [4.69, 9.17) is 12.2 Å². The van der Waals surface area contributed by atoms with Gasteiger partial charge in [0.25, 0.3) is 0 Å². The van der Waals surface area contributed by atoms with Gasteiger partial charge in [-0.15, -0.1) is 0 Å². The van der Waals surface area contributed by atoms with Gasteiger partial charge in [-0.25, -0.2) is 0 Å². The van der Waals surface area contributed by atoms with Crippen LogP contribution in [0.4, 0.5) is 0 Å². The minimum Gasteiger partial charge on any atom is -0.362 e. The molecule has 1 atom stereocenters. The molecule has 1 fully saturated rings. The summed E-state index contributed by atoms with van der Waals surface area (Å²) >= 11 is 5.08. The molecule has 0 heterocycles. The Hall–Kier alpha value is -0.840. The average molecular weight is 243 g/mol.